The van der Waals surface area contributed by atoms with Crippen LogP contribution in [0.25, 0.3) is 0 Å². The fraction of sp³-hybridized carbons (Fsp3) is 0.769. The molecule has 2 saturated heterocycles. The first-order valence-corrected chi connectivity index (χ1v) is 6.19. The van der Waals surface area contributed by atoms with Crippen LogP contribution in [0.5, 0.6) is 0 Å². The molecule has 0 radical (unpaired) electrons. The molecule has 0 aromatic rings. The first kappa shape index (κ1) is 9.44. The van der Waals surface area contributed by atoms with Crippen molar-refractivity contribution in [2.24, 2.45) is 5.92 Å². The molecule has 2 aliphatic heterocycles. The highest BCUT2D eigenvalue weighted by molar-refractivity contribution is 5.78. The maximum Gasteiger partial charge on any atom is 0.223 e. The van der Waals surface area contributed by atoms with E-state index < -0.39 is 0 Å². The van der Waals surface area contributed by atoms with Crippen molar-refractivity contribution in [1.82, 2.24) is 4.90 Å². The molecule has 2 heterocycles. The third kappa shape index (κ3) is 1.20. The highest BCUT2D eigenvalue weighted by atomic mass is 16.2. The number of rotatable bonds is 0. The number of nitrogens with zero attached hydrogens (tertiary/aromatic N) is 1. The normalized spacial score (nSPS) is 40.3. The number of hydrogen-bond donors (Lipinski definition) is 0. The second-order valence-electron chi connectivity index (χ2n) is 5.47. The Balaban J connectivity index is 2.01. The average Bonchev–Trinajstić information content (AvgIpc) is 2.70. The maximum absolute atomic E-state index is 12.0. The molecule has 3 rings (SSSR count). The molecule has 82 valence electrons. The molecule has 0 aromatic heterocycles. The molecule has 2 unspecified atom stereocenters. The lowest BCUT2D eigenvalue weighted by atomic mass is 9.83. The SMILES string of the molecule is C=C1CC2CCCC(=O)N3CCCC23C1. The van der Waals surface area contributed by atoms with Crippen molar-refractivity contribution in [3.63, 3.8) is 0 Å². The van der Waals surface area contributed by atoms with Gasteiger partial charge < -0.3 is 4.90 Å². The van der Waals surface area contributed by atoms with E-state index >= 15 is 0 Å². The summed E-state index contributed by atoms with van der Waals surface area (Å²) in [5.74, 6) is 1.13. The van der Waals surface area contributed by atoms with Gasteiger partial charge in [-0.1, -0.05) is 12.2 Å². The van der Waals surface area contributed by atoms with Crippen molar-refractivity contribution in [2.45, 2.75) is 50.5 Å². The van der Waals surface area contributed by atoms with Crippen LogP contribution >= 0.6 is 0 Å². The molecule has 1 saturated carbocycles. The zero-order chi connectivity index (χ0) is 10.5. The van der Waals surface area contributed by atoms with E-state index in [4.69, 9.17) is 0 Å². The first-order chi connectivity index (χ1) is 7.22. The Bertz CT molecular complexity index is 322. The van der Waals surface area contributed by atoms with Crippen LogP contribution in [0.15, 0.2) is 12.2 Å². The zero-order valence-electron chi connectivity index (χ0n) is 9.30. The Morgan fingerprint density at radius 1 is 1.40 bits per heavy atom. The lowest BCUT2D eigenvalue weighted by Gasteiger charge is -2.38. The van der Waals surface area contributed by atoms with Gasteiger partial charge in [0.1, 0.15) is 0 Å². The summed E-state index contributed by atoms with van der Waals surface area (Å²) in [5.41, 5.74) is 1.59. The van der Waals surface area contributed by atoms with Crippen molar-refractivity contribution in [2.75, 3.05) is 6.54 Å². The summed E-state index contributed by atoms with van der Waals surface area (Å²) in [6, 6.07) is 0. The molecule has 3 aliphatic rings. The van der Waals surface area contributed by atoms with Crippen molar-refractivity contribution < 1.29 is 4.79 Å². The van der Waals surface area contributed by atoms with E-state index in [1.807, 2.05) is 0 Å². The summed E-state index contributed by atoms with van der Waals surface area (Å²) in [7, 11) is 0. The predicted octanol–water partition coefficient (Wildman–Crippen LogP) is 2.50. The van der Waals surface area contributed by atoms with Gasteiger partial charge in [0.2, 0.25) is 5.91 Å². The number of carbonyl (C=O) groups excluding carboxylic acids is 1. The lowest BCUT2D eigenvalue weighted by molar-refractivity contribution is -0.135. The molecule has 0 aromatic carbocycles. The van der Waals surface area contributed by atoms with Gasteiger partial charge in [0.05, 0.1) is 0 Å². The minimum absolute atomic E-state index is 0.213. The molecule has 2 atom stereocenters. The molecule has 0 N–H and O–H groups in total. The summed E-state index contributed by atoms with van der Waals surface area (Å²) in [6.45, 7) is 5.15. The lowest BCUT2D eigenvalue weighted by Crippen LogP contribution is -2.48. The van der Waals surface area contributed by atoms with Crippen molar-refractivity contribution in [3.8, 4) is 0 Å². The van der Waals surface area contributed by atoms with Gasteiger partial charge in [-0.3, -0.25) is 4.79 Å². The largest absolute Gasteiger partial charge is 0.336 e. The van der Waals surface area contributed by atoms with Crippen LogP contribution in [-0.2, 0) is 4.79 Å². The smallest absolute Gasteiger partial charge is 0.223 e. The Kier molecular flexibility index (Phi) is 1.95. The van der Waals surface area contributed by atoms with Crippen LogP contribution in [0.4, 0.5) is 0 Å². The van der Waals surface area contributed by atoms with Gasteiger partial charge in [-0.05, 0) is 44.4 Å². The standard InChI is InChI=1S/C13H19NO/c1-10-8-11-4-2-5-12(15)14-7-3-6-13(11,14)9-10/h11H,1-9H2. The molecular formula is C13H19NO. The summed E-state index contributed by atoms with van der Waals surface area (Å²) in [5, 5.41) is 0. The molecule has 15 heavy (non-hydrogen) atoms. The first-order valence-electron chi connectivity index (χ1n) is 6.19. The zero-order valence-corrected chi connectivity index (χ0v) is 9.30. The van der Waals surface area contributed by atoms with E-state index in [0.717, 1.165) is 31.7 Å². The van der Waals surface area contributed by atoms with Crippen LogP contribution in [0, 0.1) is 5.92 Å². The molecule has 2 nitrogen and oxygen atoms in total. The minimum Gasteiger partial charge on any atom is -0.336 e. The Labute approximate surface area is 91.3 Å². The monoisotopic (exact) mass is 205 g/mol. The van der Waals surface area contributed by atoms with Gasteiger partial charge in [-0.15, -0.1) is 0 Å². The van der Waals surface area contributed by atoms with Gasteiger partial charge in [-0.2, -0.15) is 0 Å². The van der Waals surface area contributed by atoms with Gasteiger partial charge in [0.25, 0.3) is 0 Å². The molecular weight excluding hydrogens is 186 g/mol. The van der Waals surface area contributed by atoms with Gasteiger partial charge >= 0.3 is 0 Å². The van der Waals surface area contributed by atoms with Crippen LogP contribution in [0.1, 0.15) is 44.9 Å². The van der Waals surface area contributed by atoms with E-state index in [1.54, 1.807) is 0 Å². The van der Waals surface area contributed by atoms with E-state index in [2.05, 4.69) is 11.5 Å². The molecule has 2 heteroatoms. The number of carbonyl (C=O) groups is 1. The van der Waals surface area contributed by atoms with Gasteiger partial charge in [-0.25, -0.2) is 0 Å². The minimum atomic E-state index is 0.213. The Hall–Kier alpha value is -0.790. The van der Waals surface area contributed by atoms with Crippen LogP contribution < -0.4 is 0 Å². The Morgan fingerprint density at radius 2 is 2.27 bits per heavy atom. The van der Waals surface area contributed by atoms with Crippen molar-refractivity contribution in [3.05, 3.63) is 12.2 Å². The highest BCUT2D eigenvalue weighted by Gasteiger charge is 2.53. The van der Waals surface area contributed by atoms with E-state index in [0.29, 0.717) is 5.91 Å². The molecule has 1 amide bonds. The summed E-state index contributed by atoms with van der Waals surface area (Å²) < 4.78 is 0. The second-order valence-corrected chi connectivity index (χ2v) is 5.47. The molecule has 1 aliphatic carbocycles. The second kappa shape index (κ2) is 3.10. The Morgan fingerprint density at radius 3 is 3.13 bits per heavy atom. The molecule has 0 bridgehead atoms. The summed E-state index contributed by atoms with van der Waals surface area (Å²) in [6.07, 6.45) is 7.80. The van der Waals surface area contributed by atoms with Crippen molar-refractivity contribution >= 4 is 5.91 Å². The molecule has 1 spiro atoms. The fourth-order valence-electron chi connectivity index (χ4n) is 4.08. The van der Waals surface area contributed by atoms with Gasteiger partial charge in [0.15, 0.2) is 0 Å². The summed E-state index contributed by atoms with van der Waals surface area (Å²) >= 11 is 0. The third-order valence-corrected chi connectivity index (χ3v) is 4.62. The van der Waals surface area contributed by atoms with E-state index in [9.17, 15) is 4.79 Å². The quantitative estimate of drug-likeness (QED) is 0.556. The molecule has 3 fully saturated rings. The van der Waals surface area contributed by atoms with Crippen LogP contribution in [-0.4, -0.2) is 22.9 Å². The van der Waals surface area contributed by atoms with Crippen LogP contribution in [0.2, 0.25) is 0 Å². The predicted molar refractivity (Wildman–Crippen MR) is 59.4 cm³/mol. The third-order valence-electron chi connectivity index (χ3n) is 4.62. The number of amides is 1. The number of hydrogen-bond acceptors (Lipinski definition) is 1. The highest BCUT2D eigenvalue weighted by Crippen LogP contribution is 2.52. The summed E-state index contributed by atoms with van der Waals surface area (Å²) in [4.78, 5) is 14.2. The van der Waals surface area contributed by atoms with Crippen molar-refractivity contribution in [1.29, 1.82) is 0 Å². The van der Waals surface area contributed by atoms with Crippen LogP contribution in [0.3, 0.4) is 0 Å². The topological polar surface area (TPSA) is 20.3 Å². The maximum atomic E-state index is 12.0. The fourth-order valence-corrected chi connectivity index (χ4v) is 4.08. The van der Waals surface area contributed by atoms with E-state index in [1.165, 1.54) is 31.3 Å². The van der Waals surface area contributed by atoms with Gasteiger partial charge in [0, 0.05) is 18.5 Å². The van der Waals surface area contributed by atoms with E-state index in [-0.39, 0.29) is 5.54 Å². The average molecular weight is 205 g/mol.